The number of fused-ring (bicyclic) bond motifs is 1. The SMILES string of the molecule is CC1CCCN(C2CCCc3occc32)C1CN. The molecule has 1 aromatic rings. The summed E-state index contributed by atoms with van der Waals surface area (Å²) >= 11 is 0. The molecule has 100 valence electrons. The van der Waals surface area contributed by atoms with Gasteiger partial charge in [-0.05, 0) is 44.2 Å². The zero-order valence-electron chi connectivity index (χ0n) is 11.3. The zero-order chi connectivity index (χ0) is 12.5. The molecule has 0 saturated carbocycles. The summed E-state index contributed by atoms with van der Waals surface area (Å²) in [6.07, 6.45) is 8.09. The van der Waals surface area contributed by atoms with Crippen molar-refractivity contribution in [3.63, 3.8) is 0 Å². The molecule has 2 aliphatic rings. The third kappa shape index (κ3) is 1.99. The van der Waals surface area contributed by atoms with Gasteiger partial charge in [0.1, 0.15) is 5.76 Å². The molecule has 1 aliphatic heterocycles. The van der Waals surface area contributed by atoms with E-state index in [1.807, 2.05) is 6.26 Å². The monoisotopic (exact) mass is 248 g/mol. The molecule has 3 rings (SSSR count). The van der Waals surface area contributed by atoms with E-state index in [1.54, 1.807) is 0 Å². The molecule has 0 radical (unpaired) electrons. The molecular weight excluding hydrogens is 224 g/mol. The average molecular weight is 248 g/mol. The first kappa shape index (κ1) is 12.2. The fourth-order valence-electron chi connectivity index (χ4n) is 3.84. The van der Waals surface area contributed by atoms with Gasteiger partial charge in [0.25, 0.3) is 0 Å². The van der Waals surface area contributed by atoms with Crippen LogP contribution in [0.5, 0.6) is 0 Å². The quantitative estimate of drug-likeness (QED) is 0.875. The molecule has 1 aromatic heterocycles. The van der Waals surface area contributed by atoms with E-state index in [0.717, 1.165) is 18.9 Å². The molecule has 3 heteroatoms. The predicted molar refractivity (Wildman–Crippen MR) is 72.3 cm³/mol. The fourth-order valence-corrected chi connectivity index (χ4v) is 3.84. The molecule has 1 saturated heterocycles. The van der Waals surface area contributed by atoms with Crippen molar-refractivity contribution in [1.29, 1.82) is 0 Å². The number of hydrogen-bond donors (Lipinski definition) is 1. The van der Waals surface area contributed by atoms with Crippen LogP contribution in [0.2, 0.25) is 0 Å². The molecule has 1 fully saturated rings. The molecule has 0 bridgehead atoms. The second kappa shape index (κ2) is 5.06. The summed E-state index contributed by atoms with van der Waals surface area (Å²) in [7, 11) is 0. The Morgan fingerprint density at radius 2 is 2.28 bits per heavy atom. The van der Waals surface area contributed by atoms with Gasteiger partial charge in [-0.25, -0.2) is 0 Å². The van der Waals surface area contributed by atoms with Crippen LogP contribution in [-0.4, -0.2) is 24.0 Å². The van der Waals surface area contributed by atoms with Gasteiger partial charge in [-0.2, -0.15) is 0 Å². The number of rotatable bonds is 2. The maximum atomic E-state index is 6.02. The lowest BCUT2D eigenvalue weighted by Gasteiger charge is -2.45. The summed E-state index contributed by atoms with van der Waals surface area (Å²) in [5, 5.41) is 0. The minimum absolute atomic E-state index is 0.545. The normalized spacial score (nSPS) is 33.3. The predicted octanol–water partition coefficient (Wildman–Crippen LogP) is 2.72. The standard InChI is InChI=1S/C15H24N2O/c1-11-4-3-8-17(14(11)10-16)13-5-2-6-15-12(13)7-9-18-15/h7,9,11,13-14H,2-6,8,10,16H2,1H3. The topological polar surface area (TPSA) is 42.4 Å². The number of furan rings is 1. The number of nitrogens with zero attached hydrogens (tertiary/aromatic N) is 1. The largest absolute Gasteiger partial charge is 0.469 e. The molecule has 3 unspecified atom stereocenters. The smallest absolute Gasteiger partial charge is 0.108 e. The van der Waals surface area contributed by atoms with Crippen LogP contribution in [0.3, 0.4) is 0 Å². The van der Waals surface area contributed by atoms with E-state index in [2.05, 4.69) is 17.9 Å². The van der Waals surface area contributed by atoms with E-state index in [1.165, 1.54) is 43.6 Å². The van der Waals surface area contributed by atoms with Gasteiger partial charge >= 0.3 is 0 Å². The summed E-state index contributed by atoms with van der Waals surface area (Å²) in [6.45, 7) is 4.33. The first-order valence-corrected chi connectivity index (χ1v) is 7.33. The van der Waals surface area contributed by atoms with Crippen LogP contribution in [-0.2, 0) is 6.42 Å². The lowest BCUT2D eigenvalue weighted by Crippen LogP contribution is -2.50. The summed E-state index contributed by atoms with van der Waals surface area (Å²) < 4.78 is 5.61. The number of likely N-dealkylation sites (tertiary alicyclic amines) is 1. The van der Waals surface area contributed by atoms with Gasteiger partial charge in [0.15, 0.2) is 0 Å². The van der Waals surface area contributed by atoms with Crippen molar-refractivity contribution in [1.82, 2.24) is 4.90 Å². The van der Waals surface area contributed by atoms with E-state index in [9.17, 15) is 0 Å². The van der Waals surface area contributed by atoms with Gasteiger partial charge in [0.05, 0.1) is 6.26 Å². The van der Waals surface area contributed by atoms with Crippen molar-refractivity contribution in [2.45, 2.75) is 51.1 Å². The molecule has 0 amide bonds. The van der Waals surface area contributed by atoms with Crippen LogP contribution in [0.15, 0.2) is 16.7 Å². The van der Waals surface area contributed by atoms with Gasteiger partial charge in [0.2, 0.25) is 0 Å². The van der Waals surface area contributed by atoms with Crippen molar-refractivity contribution < 1.29 is 4.42 Å². The molecule has 3 nitrogen and oxygen atoms in total. The van der Waals surface area contributed by atoms with Gasteiger partial charge in [-0.15, -0.1) is 0 Å². The van der Waals surface area contributed by atoms with Crippen molar-refractivity contribution >= 4 is 0 Å². The van der Waals surface area contributed by atoms with Gasteiger partial charge in [0, 0.05) is 30.6 Å². The summed E-state index contributed by atoms with van der Waals surface area (Å²) in [4.78, 5) is 2.65. The first-order valence-electron chi connectivity index (χ1n) is 7.33. The van der Waals surface area contributed by atoms with Crippen molar-refractivity contribution in [2.24, 2.45) is 11.7 Å². The summed E-state index contributed by atoms with van der Waals surface area (Å²) in [6, 6.07) is 3.26. The van der Waals surface area contributed by atoms with E-state index in [-0.39, 0.29) is 0 Å². The van der Waals surface area contributed by atoms with Gasteiger partial charge < -0.3 is 10.2 Å². The highest BCUT2D eigenvalue weighted by atomic mass is 16.3. The van der Waals surface area contributed by atoms with Crippen molar-refractivity contribution in [3.05, 3.63) is 23.7 Å². The van der Waals surface area contributed by atoms with Crippen LogP contribution in [0.1, 0.15) is 50.0 Å². The molecular formula is C15H24N2O. The van der Waals surface area contributed by atoms with Crippen LogP contribution in [0.4, 0.5) is 0 Å². The lowest BCUT2D eigenvalue weighted by atomic mass is 9.85. The molecule has 1 aliphatic carbocycles. The first-order chi connectivity index (χ1) is 8.81. The Kier molecular flexibility index (Phi) is 3.44. The van der Waals surface area contributed by atoms with E-state index in [0.29, 0.717) is 12.1 Å². The Hall–Kier alpha value is -0.800. The van der Waals surface area contributed by atoms with E-state index in [4.69, 9.17) is 10.2 Å². The summed E-state index contributed by atoms with van der Waals surface area (Å²) in [5.74, 6) is 1.93. The third-order valence-corrected chi connectivity index (χ3v) is 4.82. The van der Waals surface area contributed by atoms with E-state index < -0.39 is 0 Å². The Bertz CT molecular complexity index is 401. The molecule has 2 N–H and O–H groups in total. The van der Waals surface area contributed by atoms with Crippen molar-refractivity contribution in [3.8, 4) is 0 Å². The zero-order valence-corrected chi connectivity index (χ0v) is 11.3. The second-order valence-corrected chi connectivity index (χ2v) is 5.87. The lowest BCUT2D eigenvalue weighted by molar-refractivity contribution is 0.0526. The fraction of sp³-hybridized carbons (Fsp3) is 0.733. The third-order valence-electron chi connectivity index (χ3n) is 4.82. The number of aryl methyl sites for hydroxylation is 1. The minimum atomic E-state index is 0.545. The Balaban J connectivity index is 1.86. The molecule has 3 atom stereocenters. The molecule has 18 heavy (non-hydrogen) atoms. The van der Waals surface area contributed by atoms with Crippen LogP contribution >= 0.6 is 0 Å². The summed E-state index contributed by atoms with van der Waals surface area (Å²) in [5.41, 5.74) is 7.45. The average Bonchev–Trinajstić information content (AvgIpc) is 2.86. The number of piperidine rings is 1. The molecule has 0 aromatic carbocycles. The van der Waals surface area contributed by atoms with Crippen LogP contribution < -0.4 is 5.73 Å². The Morgan fingerprint density at radius 3 is 3.11 bits per heavy atom. The highest BCUT2D eigenvalue weighted by molar-refractivity contribution is 5.24. The number of hydrogen-bond acceptors (Lipinski definition) is 3. The van der Waals surface area contributed by atoms with Crippen molar-refractivity contribution in [2.75, 3.05) is 13.1 Å². The maximum Gasteiger partial charge on any atom is 0.108 e. The highest BCUT2D eigenvalue weighted by Crippen LogP contribution is 2.39. The molecule has 0 spiro atoms. The molecule has 2 heterocycles. The van der Waals surface area contributed by atoms with Gasteiger partial charge in [-0.3, -0.25) is 4.90 Å². The Labute approximate surface area is 109 Å². The Morgan fingerprint density at radius 1 is 1.39 bits per heavy atom. The van der Waals surface area contributed by atoms with E-state index >= 15 is 0 Å². The van der Waals surface area contributed by atoms with Gasteiger partial charge in [-0.1, -0.05) is 6.92 Å². The maximum absolute atomic E-state index is 6.02. The second-order valence-electron chi connectivity index (χ2n) is 5.87. The van der Waals surface area contributed by atoms with Crippen LogP contribution in [0.25, 0.3) is 0 Å². The number of nitrogens with two attached hydrogens (primary N) is 1. The van der Waals surface area contributed by atoms with Crippen LogP contribution in [0, 0.1) is 5.92 Å². The minimum Gasteiger partial charge on any atom is -0.469 e. The highest BCUT2D eigenvalue weighted by Gasteiger charge is 2.35.